The first-order chi connectivity index (χ1) is 27.6. The largest absolute Gasteiger partial charge is 0.480 e. The van der Waals surface area contributed by atoms with Crippen LogP contribution >= 0.6 is 7.82 Å². The lowest BCUT2D eigenvalue weighted by Gasteiger charge is -2.20. The number of phosphoric ester groups is 1. The van der Waals surface area contributed by atoms with E-state index in [0.29, 0.717) is 12.8 Å². The number of ether oxygens (including phenoxy) is 2. The second kappa shape index (κ2) is 40.2. The van der Waals surface area contributed by atoms with Gasteiger partial charge in [-0.05, 0) is 57.8 Å². The number of carboxylic acid groups (broad SMARTS) is 1. The molecule has 1 unspecified atom stereocenters. The Bertz CT molecular complexity index is 1150. The molecule has 330 valence electrons. The van der Waals surface area contributed by atoms with E-state index < -0.39 is 51.1 Å². The molecular formula is C45H80NO10P. The summed E-state index contributed by atoms with van der Waals surface area (Å²) in [4.78, 5) is 46.0. The molecule has 0 amide bonds. The molecule has 57 heavy (non-hydrogen) atoms. The molecule has 0 aromatic heterocycles. The molecule has 0 heterocycles. The highest BCUT2D eigenvalue weighted by Gasteiger charge is 2.28. The van der Waals surface area contributed by atoms with Gasteiger partial charge in [-0.2, -0.15) is 0 Å². The van der Waals surface area contributed by atoms with Crippen LogP contribution < -0.4 is 5.73 Å². The van der Waals surface area contributed by atoms with Crippen LogP contribution in [-0.2, 0) is 37.5 Å². The lowest BCUT2D eigenvalue weighted by atomic mass is 10.0. The summed E-state index contributed by atoms with van der Waals surface area (Å²) < 4.78 is 32.7. The maximum absolute atomic E-state index is 12.6. The van der Waals surface area contributed by atoms with Crippen LogP contribution in [0.15, 0.2) is 48.6 Å². The number of phosphoric acid groups is 1. The highest BCUT2D eigenvalue weighted by Crippen LogP contribution is 2.43. The van der Waals surface area contributed by atoms with Crippen LogP contribution in [0.3, 0.4) is 0 Å². The van der Waals surface area contributed by atoms with Gasteiger partial charge in [0.2, 0.25) is 0 Å². The van der Waals surface area contributed by atoms with E-state index in [0.717, 1.165) is 57.8 Å². The van der Waals surface area contributed by atoms with Gasteiger partial charge in [0, 0.05) is 12.8 Å². The number of esters is 2. The molecule has 0 bridgehead atoms. The van der Waals surface area contributed by atoms with Crippen molar-refractivity contribution in [2.24, 2.45) is 5.73 Å². The molecule has 3 atom stereocenters. The normalized spacial score (nSPS) is 14.2. The van der Waals surface area contributed by atoms with Gasteiger partial charge in [0.15, 0.2) is 6.10 Å². The molecular weight excluding hydrogens is 745 g/mol. The van der Waals surface area contributed by atoms with E-state index in [-0.39, 0.29) is 19.4 Å². The van der Waals surface area contributed by atoms with E-state index in [1.165, 1.54) is 89.9 Å². The average Bonchev–Trinajstić information content (AvgIpc) is 3.19. The van der Waals surface area contributed by atoms with E-state index >= 15 is 0 Å². The fraction of sp³-hybridized carbons (Fsp3) is 0.756. The van der Waals surface area contributed by atoms with Crippen LogP contribution in [0, 0.1) is 0 Å². The van der Waals surface area contributed by atoms with Crippen molar-refractivity contribution in [3.05, 3.63) is 48.6 Å². The first-order valence-electron chi connectivity index (χ1n) is 22.2. The van der Waals surface area contributed by atoms with E-state index in [1.54, 1.807) is 0 Å². The SMILES string of the molecule is CCCCC/C=C/C/C=C/C/C=C/C/C=C/CCCCCC(=O)O[C@H](COC(=O)CCCCCCCCCCCCCCCC)COP(=O)(O)OC[C@H](N)C(=O)O. The van der Waals surface area contributed by atoms with E-state index in [2.05, 4.69) is 67.0 Å². The van der Waals surface area contributed by atoms with Crippen molar-refractivity contribution in [2.45, 2.75) is 199 Å². The third kappa shape index (κ3) is 40.0. The van der Waals surface area contributed by atoms with Crippen LogP contribution in [0.2, 0.25) is 0 Å². The number of carbonyl (C=O) groups excluding carboxylic acids is 2. The third-order valence-corrected chi connectivity index (χ3v) is 10.3. The maximum atomic E-state index is 12.6. The Morgan fingerprint density at radius 2 is 0.930 bits per heavy atom. The second-order valence-corrected chi connectivity index (χ2v) is 16.3. The van der Waals surface area contributed by atoms with Gasteiger partial charge in [-0.25, -0.2) is 4.57 Å². The monoisotopic (exact) mass is 826 g/mol. The molecule has 0 aromatic rings. The Hall–Kier alpha value is -2.56. The number of carbonyl (C=O) groups is 3. The minimum absolute atomic E-state index is 0.124. The first-order valence-corrected chi connectivity index (χ1v) is 23.7. The molecule has 0 rings (SSSR count). The van der Waals surface area contributed by atoms with Crippen molar-refractivity contribution in [3.63, 3.8) is 0 Å². The van der Waals surface area contributed by atoms with Gasteiger partial charge in [-0.15, -0.1) is 0 Å². The molecule has 0 radical (unpaired) electrons. The zero-order chi connectivity index (χ0) is 42.1. The van der Waals surface area contributed by atoms with Crippen molar-refractivity contribution in [3.8, 4) is 0 Å². The Kier molecular flexibility index (Phi) is 38.4. The number of allylic oxidation sites excluding steroid dienone is 8. The molecule has 0 saturated carbocycles. The highest BCUT2D eigenvalue weighted by atomic mass is 31.2. The summed E-state index contributed by atoms with van der Waals surface area (Å²) in [6.07, 6.45) is 44.6. The van der Waals surface area contributed by atoms with E-state index in [9.17, 15) is 23.8 Å². The predicted octanol–water partition coefficient (Wildman–Crippen LogP) is 11.8. The van der Waals surface area contributed by atoms with Gasteiger partial charge < -0.3 is 25.2 Å². The molecule has 0 saturated heterocycles. The molecule has 0 fully saturated rings. The summed E-state index contributed by atoms with van der Waals surface area (Å²) in [5, 5.41) is 8.89. The number of hydrogen-bond acceptors (Lipinski definition) is 9. The lowest BCUT2D eigenvalue weighted by molar-refractivity contribution is -0.161. The molecule has 0 aliphatic rings. The zero-order valence-corrected chi connectivity index (χ0v) is 36.6. The summed E-state index contributed by atoms with van der Waals surface area (Å²) in [5.74, 6) is -2.42. The fourth-order valence-corrected chi connectivity index (χ4v) is 6.59. The van der Waals surface area contributed by atoms with Crippen molar-refractivity contribution >= 4 is 25.7 Å². The zero-order valence-electron chi connectivity index (χ0n) is 35.7. The van der Waals surface area contributed by atoms with E-state index in [1.807, 2.05) is 0 Å². The standard InChI is InChI=1S/C45H80NO10P/c1-3-5-7-9-11-13-15-17-19-20-21-22-23-25-27-29-31-33-35-37-44(48)56-41(39-54-57(51,52)55-40-42(46)45(49)50)38-53-43(47)36-34-32-30-28-26-24-18-16-14-12-10-8-6-4-2/h11,13,17,19,21-22,25,27,41-42H,3-10,12,14-16,18,20,23-24,26,28-40,46H2,1-2H3,(H,49,50)(H,51,52)/b13-11+,19-17+,22-21+,27-25+/t41-,42+/m1/s1. The van der Waals surface area contributed by atoms with Crippen molar-refractivity contribution < 1.29 is 47.5 Å². The number of carboxylic acids is 1. The van der Waals surface area contributed by atoms with Gasteiger partial charge in [0.25, 0.3) is 0 Å². The maximum Gasteiger partial charge on any atom is 0.472 e. The molecule has 0 aliphatic heterocycles. The smallest absolute Gasteiger partial charge is 0.472 e. The van der Waals surface area contributed by atoms with Crippen LogP contribution in [0.25, 0.3) is 0 Å². The van der Waals surface area contributed by atoms with Gasteiger partial charge in [0.05, 0.1) is 13.2 Å². The highest BCUT2D eigenvalue weighted by molar-refractivity contribution is 7.47. The molecule has 12 heteroatoms. The molecule has 0 spiro atoms. The minimum Gasteiger partial charge on any atom is -0.480 e. The molecule has 11 nitrogen and oxygen atoms in total. The predicted molar refractivity (Wildman–Crippen MR) is 231 cm³/mol. The number of nitrogens with two attached hydrogens (primary N) is 1. The minimum atomic E-state index is -4.72. The van der Waals surface area contributed by atoms with E-state index in [4.69, 9.17) is 24.8 Å². The van der Waals surface area contributed by atoms with Crippen LogP contribution in [-0.4, -0.2) is 59.9 Å². The summed E-state index contributed by atoms with van der Waals surface area (Å²) in [5.41, 5.74) is 5.33. The second-order valence-electron chi connectivity index (χ2n) is 14.8. The number of rotatable bonds is 41. The number of aliphatic carboxylic acids is 1. The lowest BCUT2D eigenvalue weighted by Crippen LogP contribution is -2.34. The Morgan fingerprint density at radius 1 is 0.544 bits per heavy atom. The molecule has 4 N–H and O–H groups in total. The quantitative estimate of drug-likeness (QED) is 0.0232. The Balaban J connectivity index is 4.42. The summed E-state index contributed by atoms with van der Waals surface area (Å²) in [6.45, 7) is 2.74. The fourth-order valence-electron chi connectivity index (χ4n) is 5.81. The summed E-state index contributed by atoms with van der Waals surface area (Å²) in [7, 11) is -4.72. The topological polar surface area (TPSA) is 172 Å². The molecule has 0 aromatic carbocycles. The molecule has 0 aliphatic carbocycles. The van der Waals surface area contributed by atoms with Crippen molar-refractivity contribution in [1.82, 2.24) is 0 Å². The summed E-state index contributed by atoms with van der Waals surface area (Å²) in [6, 6.07) is -1.53. The third-order valence-electron chi connectivity index (χ3n) is 9.33. The Labute approximate surface area is 345 Å². The first kappa shape index (κ1) is 54.4. The van der Waals surface area contributed by atoms with Gasteiger partial charge in [-0.1, -0.05) is 165 Å². The van der Waals surface area contributed by atoms with Crippen molar-refractivity contribution in [2.75, 3.05) is 19.8 Å². The van der Waals surface area contributed by atoms with Gasteiger partial charge >= 0.3 is 25.7 Å². The number of unbranched alkanes of at least 4 members (excludes halogenated alkanes) is 19. The van der Waals surface area contributed by atoms with Crippen molar-refractivity contribution in [1.29, 1.82) is 0 Å². The van der Waals surface area contributed by atoms with Crippen LogP contribution in [0.5, 0.6) is 0 Å². The number of hydrogen-bond donors (Lipinski definition) is 3. The average molecular weight is 826 g/mol. The van der Waals surface area contributed by atoms with Gasteiger partial charge in [-0.3, -0.25) is 23.4 Å². The van der Waals surface area contributed by atoms with Crippen LogP contribution in [0.1, 0.15) is 187 Å². The van der Waals surface area contributed by atoms with Crippen LogP contribution in [0.4, 0.5) is 0 Å². The van der Waals surface area contributed by atoms with Gasteiger partial charge in [0.1, 0.15) is 12.6 Å². The summed E-state index contributed by atoms with van der Waals surface area (Å²) >= 11 is 0. The Morgan fingerprint density at radius 3 is 1.42 bits per heavy atom.